The van der Waals surface area contributed by atoms with E-state index in [2.05, 4.69) is 5.32 Å². The lowest BCUT2D eigenvalue weighted by Crippen LogP contribution is -2.45. The van der Waals surface area contributed by atoms with Crippen molar-refractivity contribution in [1.82, 2.24) is 10.2 Å². The Morgan fingerprint density at radius 2 is 1.86 bits per heavy atom. The minimum atomic E-state index is -3.14. The molecule has 0 radical (unpaired) electrons. The minimum Gasteiger partial charge on any atom is -0.454 e. The van der Waals surface area contributed by atoms with Crippen LogP contribution in [0.1, 0.15) is 29.6 Å². The third-order valence-corrected chi connectivity index (χ3v) is 6.45. The van der Waals surface area contributed by atoms with Crippen LogP contribution in [-0.4, -0.2) is 67.8 Å². The molecule has 1 N–H and O–H groups in total. The summed E-state index contributed by atoms with van der Waals surface area (Å²) in [5.41, 5.74) is -0.200. The molecule has 1 aromatic rings. The van der Waals surface area contributed by atoms with Crippen LogP contribution in [0.15, 0.2) is 24.3 Å². The summed E-state index contributed by atoms with van der Waals surface area (Å²) in [6.07, 6.45) is 1.99. The molecule has 8 nitrogen and oxygen atoms in total. The summed E-state index contributed by atoms with van der Waals surface area (Å²) >= 11 is 0. The summed E-state index contributed by atoms with van der Waals surface area (Å²) in [4.78, 5) is 37.6. The zero-order valence-electron chi connectivity index (χ0n) is 15.1. The van der Waals surface area contributed by atoms with Gasteiger partial charge in [-0.15, -0.1) is 0 Å². The van der Waals surface area contributed by atoms with E-state index in [1.54, 1.807) is 0 Å². The third kappa shape index (κ3) is 5.06. The first-order chi connectivity index (χ1) is 13.3. The van der Waals surface area contributed by atoms with Gasteiger partial charge < -0.3 is 15.0 Å². The molecule has 3 rings (SSSR count). The van der Waals surface area contributed by atoms with Crippen LogP contribution in [0.25, 0.3) is 0 Å². The van der Waals surface area contributed by atoms with Gasteiger partial charge in [0.25, 0.3) is 11.8 Å². The number of nitrogens with one attached hydrogen (secondary N) is 1. The Hall–Kier alpha value is -2.49. The molecule has 0 aromatic heterocycles. The molecule has 2 aliphatic rings. The van der Waals surface area contributed by atoms with Gasteiger partial charge in [-0.1, -0.05) is 12.1 Å². The predicted octanol–water partition coefficient (Wildman–Crippen LogP) is 0.277. The van der Waals surface area contributed by atoms with E-state index in [0.717, 1.165) is 18.9 Å². The van der Waals surface area contributed by atoms with Crippen LogP contribution in [0.4, 0.5) is 4.39 Å². The number of nitrogens with zero attached hydrogens (tertiary/aromatic N) is 1. The van der Waals surface area contributed by atoms with Crippen LogP contribution in [0.3, 0.4) is 0 Å². The Balaban J connectivity index is 1.47. The maximum absolute atomic E-state index is 13.5. The second kappa shape index (κ2) is 8.26. The molecule has 1 aromatic carbocycles. The van der Waals surface area contributed by atoms with Crippen molar-refractivity contribution in [3.05, 3.63) is 35.6 Å². The fourth-order valence-electron chi connectivity index (χ4n) is 3.21. The molecule has 0 spiro atoms. The van der Waals surface area contributed by atoms with Crippen molar-refractivity contribution in [3.8, 4) is 0 Å². The Morgan fingerprint density at radius 1 is 1.14 bits per heavy atom. The van der Waals surface area contributed by atoms with Crippen molar-refractivity contribution >= 4 is 27.6 Å². The zero-order valence-corrected chi connectivity index (χ0v) is 15.9. The highest BCUT2D eigenvalue weighted by molar-refractivity contribution is 7.91. The van der Waals surface area contributed by atoms with Gasteiger partial charge in [0.2, 0.25) is 0 Å². The van der Waals surface area contributed by atoms with Crippen LogP contribution in [0.5, 0.6) is 0 Å². The summed E-state index contributed by atoms with van der Waals surface area (Å²) < 4.78 is 41.8. The van der Waals surface area contributed by atoms with E-state index in [1.807, 2.05) is 0 Å². The number of carbonyl (C=O) groups excluding carboxylic acids is 3. The minimum absolute atomic E-state index is 0.00902. The first kappa shape index (κ1) is 20.2. The highest BCUT2D eigenvalue weighted by Gasteiger charge is 2.42. The molecule has 1 saturated heterocycles. The molecule has 1 atom stereocenters. The lowest BCUT2D eigenvalue weighted by atomic mass is 10.2. The number of carbonyl (C=O) groups is 3. The van der Waals surface area contributed by atoms with Gasteiger partial charge in [0.05, 0.1) is 17.1 Å². The number of ether oxygens (including phenoxy) is 1. The SMILES string of the molecule is O=C(CNC(=O)c1ccccc1F)OCC(=O)N(C1CC1)[C@@H]1CCS(=O)(=O)C1. The summed E-state index contributed by atoms with van der Waals surface area (Å²) in [5, 5.41) is 2.24. The molecule has 152 valence electrons. The standard InChI is InChI=1S/C18H21FN2O6S/c19-15-4-2-1-3-14(15)18(24)20-9-17(23)27-10-16(22)21(12-5-6-12)13-7-8-28(25,26)11-13/h1-4,12-13H,5-11H2,(H,20,24)/t13-/m1/s1. The molecule has 1 aliphatic carbocycles. The Kier molecular flexibility index (Phi) is 5.97. The van der Waals surface area contributed by atoms with Crippen LogP contribution >= 0.6 is 0 Å². The average Bonchev–Trinajstić information content (AvgIpc) is 3.41. The summed E-state index contributed by atoms with van der Waals surface area (Å²) in [6.45, 7) is -1.04. The molecular weight excluding hydrogens is 391 g/mol. The normalized spacial score (nSPS) is 20.4. The van der Waals surface area contributed by atoms with Crippen molar-refractivity contribution in [2.45, 2.75) is 31.3 Å². The number of hydrogen-bond acceptors (Lipinski definition) is 6. The molecule has 1 heterocycles. The van der Waals surface area contributed by atoms with E-state index in [4.69, 9.17) is 4.74 Å². The molecule has 0 bridgehead atoms. The van der Waals surface area contributed by atoms with Crippen molar-refractivity contribution in [2.24, 2.45) is 0 Å². The number of sulfone groups is 1. The van der Waals surface area contributed by atoms with Crippen LogP contribution in [-0.2, 0) is 24.2 Å². The fourth-order valence-corrected chi connectivity index (χ4v) is 4.93. The lowest BCUT2D eigenvalue weighted by molar-refractivity contribution is -0.152. The maximum atomic E-state index is 13.5. The van der Waals surface area contributed by atoms with Crippen LogP contribution in [0, 0.1) is 5.82 Å². The molecule has 1 aliphatic heterocycles. The number of esters is 1. The van der Waals surface area contributed by atoms with E-state index < -0.39 is 46.6 Å². The van der Waals surface area contributed by atoms with Crippen LogP contribution < -0.4 is 5.32 Å². The number of hydrogen-bond donors (Lipinski definition) is 1. The Bertz CT molecular complexity index is 884. The maximum Gasteiger partial charge on any atom is 0.325 e. The van der Waals surface area contributed by atoms with Gasteiger partial charge in [-0.05, 0) is 31.4 Å². The molecule has 0 unspecified atom stereocenters. The third-order valence-electron chi connectivity index (χ3n) is 4.70. The molecule has 2 amide bonds. The molecule has 10 heteroatoms. The zero-order chi connectivity index (χ0) is 20.3. The van der Waals surface area contributed by atoms with E-state index >= 15 is 0 Å². The van der Waals surface area contributed by atoms with E-state index in [9.17, 15) is 27.2 Å². The van der Waals surface area contributed by atoms with Gasteiger partial charge in [0.15, 0.2) is 16.4 Å². The van der Waals surface area contributed by atoms with Crippen molar-refractivity contribution < 1.29 is 31.9 Å². The smallest absolute Gasteiger partial charge is 0.325 e. The highest BCUT2D eigenvalue weighted by atomic mass is 32.2. The molecular formula is C18H21FN2O6S. The number of halogens is 1. The van der Waals surface area contributed by atoms with E-state index in [1.165, 1.54) is 23.1 Å². The fraction of sp³-hybridized carbons (Fsp3) is 0.500. The highest BCUT2D eigenvalue weighted by Crippen LogP contribution is 2.32. The summed E-state index contributed by atoms with van der Waals surface area (Å²) in [7, 11) is -3.14. The largest absolute Gasteiger partial charge is 0.454 e. The second-order valence-corrected chi connectivity index (χ2v) is 9.14. The monoisotopic (exact) mass is 412 g/mol. The van der Waals surface area contributed by atoms with Gasteiger partial charge in [-0.3, -0.25) is 14.4 Å². The lowest BCUT2D eigenvalue weighted by Gasteiger charge is -2.28. The molecule has 28 heavy (non-hydrogen) atoms. The Morgan fingerprint density at radius 3 is 2.46 bits per heavy atom. The number of rotatable bonds is 7. The topological polar surface area (TPSA) is 110 Å². The quantitative estimate of drug-likeness (QED) is 0.644. The summed E-state index contributed by atoms with van der Waals surface area (Å²) in [5.74, 6) is -2.78. The average molecular weight is 412 g/mol. The van der Waals surface area contributed by atoms with E-state index in [0.29, 0.717) is 6.42 Å². The number of amides is 2. The summed E-state index contributed by atoms with van der Waals surface area (Å²) in [6, 6.07) is 4.94. The van der Waals surface area contributed by atoms with Crippen molar-refractivity contribution in [1.29, 1.82) is 0 Å². The molecule has 1 saturated carbocycles. The number of benzene rings is 1. The van der Waals surface area contributed by atoms with Gasteiger partial charge in [0, 0.05) is 12.1 Å². The van der Waals surface area contributed by atoms with Gasteiger partial charge in [-0.2, -0.15) is 0 Å². The molecule has 2 fully saturated rings. The van der Waals surface area contributed by atoms with Crippen LogP contribution in [0.2, 0.25) is 0 Å². The van der Waals surface area contributed by atoms with Gasteiger partial charge in [0.1, 0.15) is 12.4 Å². The van der Waals surface area contributed by atoms with Gasteiger partial charge in [-0.25, -0.2) is 12.8 Å². The first-order valence-corrected chi connectivity index (χ1v) is 10.8. The van der Waals surface area contributed by atoms with Crippen molar-refractivity contribution in [3.63, 3.8) is 0 Å². The predicted molar refractivity (Wildman–Crippen MR) is 96.6 cm³/mol. The van der Waals surface area contributed by atoms with E-state index in [-0.39, 0.29) is 29.2 Å². The first-order valence-electron chi connectivity index (χ1n) is 8.97. The Labute approximate surface area is 161 Å². The second-order valence-electron chi connectivity index (χ2n) is 6.91. The van der Waals surface area contributed by atoms with Crippen molar-refractivity contribution in [2.75, 3.05) is 24.7 Å². The van der Waals surface area contributed by atoms with Gasteiger partial charge >= 0.3 is 5.97 Å².